The number of nitrogens with zero attached hydrogens (tertiary/aromatic N) is 4. The van der Waals surface area contributed by atoms with Crippen molar-refractivity contribution in [3.05, 3.63) is 109 Å². The van der Waals surface area contributed by atoms with Crippen molar-refractivity contribution in [3.8, 4) is 5.82 Å². The molecule has 0 aliphatic heterocycles. The number of rotatable bonds is 6. The van der Waals surface area contributed by atoms with E-state index in [1.807, 2.05) is 96.6 Å². The Bertz CT molecular complexity index is 1700. The zero-order valence-corrected chi connectivity index (χ0v) is 19.5. The Labute approximate surface area is 207 Å². The number of hydrogen-bond donors (Lipinski definition) is 3. The number of carbonyl (C=O) groups excluding carboxylic acids is 1. The number of carbonyl (C=O) groups is 1. The van der Waals surface area contributed by atoms with Crippen molar-refractivity contribution in [2.24, 2.45) is 0 Å². The van der Waals surface area contributed by atoms with E-state index < -0.39 is 0 Å². The van der Waals surface area contributed by atoms with Gasteiger partial charge in [-0.15, -0.1) is 0 Å². The summed E-state index contributed by atoms with van der Waals surface area (Å²) in [6, 6.07) is 25.0. The molecule has 6 rings (SSSR count). The summed E-state index contributed by atoms with van der Waals surface area (Å²) in [5.41, 5.74) is 5.19. The van der Waals surface area contributed by atoms with Gasteiger partial charge in [-0.05, 0) is 67.1 Å². The molecule has 0 radical (unpaired) electrons. The van der Waals surface area contributed by atoms with Gasteiger partial charge in [0.25, 0.3) is 5.91 Å². The summed E-state index contributed by atoms with van der Waals surface area (Å²) in [4.78, 5) is 29.6. The topological polar surface area (TPSA) is 101 Å². The van der Waals surface area contributed by atoms with Crippen LogP contribution in [0, 0.1) is 0 Å². The summed E-state index contributed by atoms with van der Waals surface area (Å²) in [7, 11) is 0. The number of imidazole rings is 1. The zero-order chi connectivity index (χ0) is 24.5. The number of aromatic nitrogens is 5. The van der Waals surface area contributed by atoms with E-state index in [1.165, 1.54) is 0 Å². The highest BCUT2D eigenvalue weighted by atomic mass is 16.1. The van der Waals surface area contributed by atoms with Crippen LogP contribution in [0.1, 0.15) is 28.9 Å². The van der Waals surface area contributed by atoms with Crippen LogP contribution in [0.25, 0.3) is 27.8 Å². The Kier molecular flexibility index (Phi) is 5.38. The van der Waals surface area contributed by atoms with E-state index in [0.29, 0.717) is 11.5 Å². The second-order valence-corrected chi connectivity index (χ2v) is 8.57. The average Bonchev–Trinajstić information content (AvgIpc) is 3.56. The second-order valence-electron chi connectivity index (χ2n) is 8.57. The van der Waals surface area contributed by atoms with Gasteiger partial charge in [0.15, 0.2) is 0 Å². The Balaban J connectivity index is 1.19. The SMILES string of the molecule is CC(Nc1nccc(-n2cnc3ccccc32)n1)c1cccc(C(=O)Nc2ccc3[nH]ccc3c2)c1. The lowest BCUT2D eigenvalue weighted by atomic mass is 10.0. The monoisotopic (exact) mass is 473 g/mol. The Hall–Kier alpha value is -4.98. The van der Waals surface area contributed by atoms with Crippen molar-refractivity contribution >= 4 is 39.5 Å². The van der Waals surface area contributed by atoms with Crippen molar-refractivity contribution in [1.29, 1.82) is 0 Å². The minimum Gasteiger partial charge on any atom is -0.361 e. The van der Waals surface area contributed by atoms with Crippen LogP contribution in [-0.4, -0.2) is 30.4 Å². The number of aromatic amines is 1. The van der Waals surface area contributed by atoms with E-state index in [0.717, 1.165) is 39.0 Å². The van der Waals surface area contributed by atoms with E-state index in [9.17, 15) is 4.79 Å². The molecule has 0 spiro atoms. The van der Waals surface area contributed by atoms with Gasteiger partial charge in [0.1, 0.15) is 12.1 Å². The quantitative estimate of drug-likeness (QED) is 0.287. The summed E-state index contributed by atoms with van der Waals surface area (Å²) < 4.78 is 1.93. The second kappa shape index (κ2) is 8.99. The van der Waals surface area contributed by atoms with Gasteiger partial charge in [-0.3, -0.25) is 9.36 Å². The standard InChI is InChI=1S/C28H23N7O/c1-18(32-28-30-14-12-26(34-28)35-17-31-24-7-2-3-8-25(24)35)19-5-4-6-21(15-19)27(36)33-22-9-10-23-20(16-22)11-13-29-23/h2-18,29H,1H3,(H,33,36)(H,30,32,34). The lowest BCUT2D eigenvalue weighted by Crippen LogP contribution is -2.14. The normalized spacial score (nSPS) is 12.0. The first kappa shape index (κ1) is 21.5. The van der Waals surface area contributed by atoms with Gasteiger partial charge in [0, 0.05) is 34.5 Å². The number of anilines is 2. The van der Waals surface area contributed by atoms with Gasteiger partial charge in [0.2, 0.25) is 5.95 Å². The maximum absolute atomic E-state index is 12.9. The van der Waals surface area contributed by atoms with Gasteiger partial charge in [-0.25, -0.2) is 9.97 Å². The summed E-state index contributed by atoms with van der Waals surface area (Å²) in [6.45, 7) is 2.01. The van der Waals surface area contributed by atoms with Gasteiger partial charge in [-0.2, -0.15) is 4.98 Å². The maximum Gasteiger partial charge on any atom is 0.255 e. The fourth-order valence-corrected chi connectivity index (χ4v) is 4.26. The molecule has 0 saturated heterocycles. The summed E-state index contributed by atoms with van der Waals surface area (Å²) in [6.07, 6.45) is 5.36. The van der Waals surface area contributed by atoms with Gasteiger partial charge >= 0.3 is 0 Å². The molecule has 8 nitrogen and oxygen atoms in total. The van der Waals surface area contributed by atoms with E-state index in [4.69, 9.17) is 0 Å². The average molecular weight is 474 g/mol. The van der Waals surface area contributed by atoms with Crippen LogP contribution < -0.4 is 10.6 Å². The Morgan fingerprint density at radius 2 is 1.89 bits per heavy atom. The highest BCUT2D eigenvalue weighted by Gasteiger charge is 2.13. The molecule has 1 amide bonds. The van der Waals surface area contributed by atoms with Crippen LogP contribution in [0.3, 0.4) is 0 Å². The third-order valence-corrected chi connectivity index (χ3v) is 6.15. The molecule has 0 bridgehead atoms. The molecule has 3 aromatic heterocycles. The number of benzene rings is 3. The van der Waals surface area contributed by atoms with Gasteiger partial charge in [0.05, 0.1) is 17.1 Å². The molecule has 0 fully saturated rings. The van der Waals surface area contributed by atoms with Crippen LogP contribution in [0.15, 0.2) is 97.6 Å². The lowest BCUT2D eigenvalue weighted by molar-refractivity contribution is 0.102. The van der Waals surface area contributed by atoms with E-state index in [1.54, 1.807) is 12.5 Å². The molecular formula is C28H23N7O. The van der Waals surface area contributed by atoms with Crippen molar-refractivity contribution in [2.75, 3.05) is 10.6 Å². The molecule has 3 aromatic carbocycles. The van der Waals surface area contributed by atoms with Crippen molar-refractivity contribution in [3.63, 3.8) is 0 Å². The van der Waals surface area contributed by atoms with Crippen molar-refractivity contribution in [2.45, 2.75) is 13.0 Å². The van der Waals surface area contributed by atoms with Crippen LogP contribution in [0.4, 0.5) is 11.6 Å². The number of H-pyrrole nitrogens is 1. The molecule has 176 valence electrons. The fraction of sp³-hybridized carbons (Fsp3) is 0.0714. The number of hydrogen-bond acceptors (Lipinski definition) is 5. The predicted molar refractivity (Wildman–Crippen MR) is 141 cm³/mol. The molecule has 3 heterocycles. The minimum absolute atomic E-state index is 0.122. The zero-order valence-electron chi connectivity index (χ0n) is 19.5. The molecule has 0 aliphatic carbocycles. The summed E-state index contributed by atoms with van der Waals surface area (Å²) in [5.74, 6) is 1.05. The molecule has 1 atom stereocenters. The summed E-state index contributed by atoms with van der Waals surface area (Å²) in [5, 5.41) is 7.38. The number of para-hydroxylation sites is 2. The molecule has 8 heteroatoms. The first-order chi connectivity index (χ1) is 17.6. The van der Waals surface area contributed by atoms with E-state index in [-0.39, 0.29) is 11.9 Å². The lowest BCUT2D eigenvalue weighted by Gasteiger charge is -2.16. The summed E-state index contributed by atoms with van der Waals surface area (Å²) >= 11 is 0. The fourth-order valence-electron chi connectivity index (χ4n) is 4.26. The highest BCUT2D eigenvalue weighted by molar-refractivity contribution is 6.05. The Morgan fingerprint density at radius 3 is 2.83 bits per heavy atom. The van der Waals surface area contributed by atoms with Gasteiger partial charge in [-0.1, -0.05) is 24.3 Å². The van der Waals surface area contributed by atoms with E-state index in [2.05, 4.69) is 30.6 Å². The maximum atomic E-state index is 12.9. The largest absolute Gasteiger partial charge is 0.361 e. The molecule has 0 saturated carbocycles. The first-order valence-corrected chi connectivity index (χ1v) is 11.6. The minimum atomic E-state index is -0.163. The van der Waals surface area contributed by atoms with Crippen LogP contribution in [0.2, 0.25) is 0 Å². The predicted octanol–water partition coefficient (Wildman–Crippen LogP) is 5.72. The van der Waals surface area contributed by atoms with Crippen molar-refractivity contribution in [1.82, 2.24) is 24.5 Å². The highest BCUT2D eigenvalue weighted by Crippen LogP contribution is 2.22. The molecule has 6 aromatic rings. The van der Waals surface area contributed by atoms with Gasteiger partial charge < -0.3 is 15.6 Å². The third kappa shape index (κ3) is 4.16. The van der Waals surface area contributed by atoms with Crippen molar-refractivity contribution < 1.29 is 4.79 Å². The van der Waals surface area contributed by atoms with Crippen LogP contribution >= 0.6 is 0 Å². The smallest absolute Gasteiger partial charge is 0.255 e. The molecular weight excluding hydrogens is 450 g/mol. The molecule has 36 heavy (non-hydrogen) atoms. The molecule has 0 aliphatic rings. The number of fused-ring (bicyclic) bond motifs is 2. The Morgan fingerprint density at radius 1 is 0.972 bits per heavy atom. The number of nitrogens with one attached hydrogen (secondary N) is 3. The first-order valence-electron chi connectivity index (χ1n) is 11.6. The third-order valence-electron chi connectivity index (χ3n) is 6.15. The van der Waals surface area contributed by atoms with Crippen LogP contribution in [-0.2, 0) is 0 Å². The van der Waals surface area contributed by atoms with Crippen LogP contribution in [0.5, 0.6) is 0 Å². The van der Waals surface area contributed by atoms with E-state index >= 15 is 0 Å². The number of amides is 1. The molecule has 3 N–H and O–H groups in total. The molecule has 1 unspecified atom stereocenters.